The Bertz CT molecular complexity index is 466. The van der Waals surface area contributed by atoms with Crippen LogP contribution in [0.3, 0.4) is 0 Å². The highest BCUT2D eigenvalue weighted by molar-refractivity contribution is 7.84. The lowest BCUT2D eigenvalue weighted by molar-refractivity contribution is -0.383. The molecule has 0 aliphatic carbocycles. The normalized spacial score (nSPS) is 13.7. The van der Waals surface area contributed by atoms with Gasteiger partial charge in [0.2, 0.25) is 0 Å². The molecule has 0 heterocycles. The first-order valence-electron chi connectivity index (χ1n) is 5.26. The predicted octanol–water partition coefficient (Wildman–Crippen LogP) is 1.06. The van der Waals surface area contributed by atoms with Crippen molar-refractivity contribution in [2.45, 2.75) is 13.0 Å². The molecule has 0 radical (unpaired) electrons. The van der Waals surface area contributed by atoms with E-state index in [1.165, 1.54) is 6.07 Å². The summed E-state index contributed by atoms with van der Waals surface area (Å²) in [6.07, 6.45) is 1.59. The second kappa shape index (κ2) is 6.31. The topological polar surface area (TPSA) is 110 Å². The summed E-state index contributed by atoms with van der Waals surface area (Å²) in [7, 11) is -0.966. The first kappa shape index (κ1) is 14.4. The lowest BCUT2D eigenvalue weighted by Gasteiger charge is -2.15. The molecule has 0 fully saturated rings. The molecule has 2 unspecified atom stereocenters. The van der Waals surface area contributed by atoms with Crippen LogP contribution in [0.25, 0.3) is 0 Å². The van der Waals surface area contributed by atoms with E-state index in [1.807, 2.05) is 6.92 Å². The highest BCUT2D eigenvalue weighted by Crippen LogP contribution is 2.32. The Labute approximate surface area is 107 Å². The highest BCUT2D eigenvalue weighted by Gasteiger charge is 2.20. The van der Waals surface area contributed by atoms with Crippen molar-refractivity contribution in [1.82, 2.24) is 0 Å². The van der Waals surface area contributed by atoms with Crippen LogP contribution < -0.4 is 16.6 Å². The third kappa shape index (κ3) is 3.67. The van der Waals surface area contributed by atoms with Crippen LogP contribution >= 0.6 is 0 Å². The Morgan fingerprint density at radius 1 is 1.50 bits per heavy atom. The van der Waals surface area contributed by atoms with Crippen LogP contribution in [0.4, 0.5) is 17.1 Å². The van der Waals surface area contributed by atoms with Gasteiger partial charge in [-0.05, 0) is 19.1 Å². The van der Waals surface area contributed by atoms with Gasteiger partial charge >= 0.3 is 5.69 Å². The molecule has 7 nitrogen and oxygen atoms in total. The third-order valence-electron chi connectivity index (χ3n) is 2.26. The van der Waals surface area contributed by atoms with Crippen LogP contribution in [0.5, 0.6) is 0 Å². The van der Waals surface area contributed by atoms with Gasteiger partial charge in [-0.25, -0.2) is 0 Å². The van der Waals surface area contributed by atoms with Crippen molar-refractivity contribution < 1.29 is 9.13 Å². The van der Waals surface area contributed by atoms with E-state index in [1.54, 1.807) is 18.4 Å². The molecule has 0 aromatic heterocycles. The predicted molar refractivity (Wildman–Crippen MR) is 72.9 cm³/mol. The van der Waals surface area contributed by atoms with Crippen LogP contribution in [-0.4, -0.2) is 27.2 Å². The summed E-state index contributed by atoms with van der Waals surface area (Å²) in [5, 5.41) is 14.0. The van der Waals surface area contributed by atoms with Gasteiger partial charge in [0.05, 0.1) is 4.92 Å². The molecule has 18 heavy (non-hydrogen) atoms. The molecule has 0 aliphatic heterocycles. The van der Waals surface area contributed by atoms with Crippen LogP contribution in [0.2, 0.25) is 0 Å². The number of para-hydroxylation sites is 1. The van der Waals surface area contributed by atoms with Gasteiger partial charge in [0, 0.05) is 28.9 Å². The minimum atomic E-state index is -0.966. The zero-order valence-electron chi connectivity index (χ0n) is 10.2. The fourth-order valence-electron chi connectivity index (χ4n) is 1.63. The zero-order valence-corrected chi connectivity index (χ0v) is 11.0. The van der Waals surface area contributed by atoms with E-state index in [4.69, 9.17) is 5.84 Å². The minimum Gasteiger partial charge on any atom is -0.376 e. The molecule has 0 saturated carbocycles. The van der Waals surface area contributed by atoms with E-state index in [0.717, 1.165) is 0 Å². The van der Waals surface area contributed by atoms with Crippen LogP contribution in [0, 0.1) is 10.1 Å². The lowest BCUT2D eigenvalue weighted by atomic mass is 10.2. The number of nitro benzene ring substituents is 1. The summed E-state index contributed by atoms with van der Waals surface area (Å²) < 4.78 is 11.1. The molecule has 1 aromatic carbocycles. The van der Waals surface area contributed by atoms with Crippen molar-refractivity contribution in [1.29, 1.82) is 0 Å². The molecule has 4 N–H and O–H groups in total. The number of nitrogens with one attached hydrogen (secondary N) is 2. The third-order valence-corrected chi connectivity index (χ3v) is 3.23. The second-order valence-corrected chi connectivity index (χ2v) is 5.37. The van der Waals surface area contributed by atoms with Crippen molar-refractivity contribution in [3.05, 3.63) is 28.3 Å². The van der Waals surface area contributed by atoms with Crippen LogP contribution in [0.15, 0.2) is 18.2 Å². The Morgan fingerprint density at radius 3 is 2.61 bits per heavy atom. The largest absolute Gasteiger partial charge is 0.376 e. The van der Waals surface area contributed by atoms with Crippen molar-refractivity contribution >= 4 is 27.9 Å². The molecule has 0 bridgehead atoms. The van der Waals surface area contributed by atoms with Crippen molar-refractivity contribution in [2.75, 3.05) is 22.8 Å². The zero-order chi connectivity index (χ0) is 13.7. The number of hydrogen-bond donors (Lipinski definition) is 3. The number of hydrogen-bond acceptors (Lipinski definition) is 6. The van der Waals surface area contributed by atoms with E-state index in [2.05, 4.69) is 10.7 Å². The van der Waals surface area contributed by atoms with Gasteiger partial charge in [0.15, 0.2) is 0 Å². The number of nitrogens with zero attached hydrogens (tertiary/aromatic N) is 1. The SMILES string of the molecule is CC(CS(C)=O)Nc1cccc(NN)c1[N+](=O)[O-]. The van der Waals surface area contributed by atoms with E-state index in [0.29, 0.717) is 11.4 Å². The summed E-state index contributed by atoms with van der Waals surface area (Å²) in [6, 6.07) is 4.63. The summed E-state index contributed by atoms with van der Waals surface area (Å²) in [6.45, 7) is 1.81. The maximum atomic E-state index is 11.1. The van der Waals surface area contributed by atoms with E-state index in [9.17, 15) is 14.3 Å². The molecule has 0 amide bonds. The Morgan fingerprint density at radius 2 is 2.11 bits per heavy atom. The standard InChI is InChI=1S/C10H16N4O3S/c1-7(6-18(2)17)12-8-4-3-5-9(13-11)10(8)14(15)16/h3-5,7,12-13H,6,11H2,1-2H3. The smallest absolute Gasteiger partial charge is 0.316 e. The second-order valence-electron chi connectivity index (χ2n) is 3.89. The number of anilines is 2. The number of benzene rings is 1. The maximum Gasteiger partial charge on any atom is 0.316 e. The summed E-state index contributed by atoms with van der Waals surface area (Å²) in [4.78, 5) is 10.5. The minimum absolute atomic E-state index is 0.117. The van der Waals surface area contributed by atoms with Crippen LogP contribution in [-0.2, 0) is 10.8 Å². The van der Waals surface area contributed by atoms with Gasteiger partial charge in [-0.15, -0.1) is 0 Å². The molecule has 2 atom stereocenters. The van der Waals surface area contributed by atoms with E-state index < -0.39 is 15.7 Å². The quantitative estimate of drug-likeness (QED) is 0.406. The van der Waals surface area contributed by atoms with Gasteiger partial charge in [-0.3, -0.25) is 20.2 Å². The van der Waals surface area contributed by atoms with Gasteiger partial charge in [0.1, 0.15) is 11.4 Å². The van der Waals surface area contributed by atoms with Crippen LogP contribution in [0.1, 0.15) is 6.92 Å². The molecule has 1 rings (SSSR count). The fourth-order valence-corrected chi connectivity index (χ4v) is 2.42. The Balaban J connectivity index is 3.01. The highest BCUT2D eigenvalue weighted by atomic mass is 32.2. The Hall–Kier alpha value is -1.67. The van der Waals surface area contributed by atoms with Gasteiger partial charge in [0.25, 0.3) is 0 Å². The molecule has 8 heteroatoms. The monoisotopic (exact) mass is 272 g/mol. The number of nitro groups is 1. The first-order chi connectivity index (χ1) is 8.45. The van der Waals surface area contributed by atoms with Gasteiger partial charge < -0.3 is 10.7 Å². The van der Waals surface area contributed by atoms with Crippen molar-refractivity contribution in [3.8, 4) is 0 Å². The average Bonchev–Trinajstić information content (AvgIpc) is 2.26. The molecular weight excluding hydrogens is 256 g/mol. The number of hydrazine groups is 1. The Kier molecular flexibility index (Phi) is 5.05. The number of nitrogen functional groups attached to an aromatic ring is 1. The molecule has 100 valence electrons. The number of nitrogens with two attached hydrogens (primary N) is 1. The van der Waals surface area contributed by atoms with Crippen molar-refractivity contribution in [2.24, 2.45) is 5.84 Å². The summed E-state index contributed by atoms with van der Waals surface area (Å²) in [5.74, 6) is 5.65. The fraction of sp³-hybridized carbons (Fsp3) is 0.400. The van der Waals surface area contributed by atoms with Gasteiger partial charge in [-0.2, -0.15) is 0 Å². The summed E-state index contributed by atoms with van der Waals surface area (Å²) in [5.41, 5.74) is 2.76. The van der Waals surface area contributed by atoms with E-state index >= 15 is 0 Å². The molecule has 0 spiro atoms. The average molecular weight is 272 g/mol. The molecule has 0 aliphatic rings. The maximum absolute atomic E-state index is 11.1. The lowest BCUT2D eigenvalue weighted by Crippen LogP contribution is -2.23. The number of rotatable bonds is 6. The molecule has 0 saturated heterocycles. The van der Waals surface area contributed by atoms with E-state index in [-0.39, 0.29) is 17.4 Å². The van der Waals surface area contributed by atoms with Crippen molar-refractivity contribution in [3.63, 3.8) is 0 Å². The van der Waals surface area contributed by atoms with Gasteiger partial charge in [-0.1, -0.05) is 6.07 Å². The molecule has 1 aromatic rings. The summed E-state index contributed by atoms with van der Waals surface area (Å²) >= 11 is 0. The molecular formula is C10H16N4O3S. The first-order valence-corrected chi connectivity index (χ1v) is 6.99.